The molecule has 0 saturated heterocycles. The molecule has 1 N–H and O–H groups in total. The van der Waals surface area contributed by atoms with E-state index in [0.29, 0.717) is 6.54 Å². The predicted molar refractivity (Wildman–Crippen MR) is 65.5 cm³/mol. The Bertz CT molecular complexity index is 471. The number of nitrogens with one attached hydrogen (secondary N) is 1. The molecule has 0 unspecified atom stereocenters. The summed E-state index contributed by atoms with van der Waals surface area (Å²) in [5.74, 6) is 0. The van der Waals surface area contributed by atoms with E-state index in [1.165, 1.54) is 11.9 Å². The number of benzene rings is 1. The van der Waals surface area contributed by atoms with Crippen molar-refractivity contribution in [2.24, 2.45) is 0 Å². The van der Waals surface area contributed by atoms with E-state index in [2.05, 4.69) is 15.3 Å². The zero-order chi connectivity index (χ0) is 11.4. The molecule has 0 saturated carbocycles. The van der Waals surface area contributed by atoms with Crippen molar-refractivity contribution in [1.29, 1.82) is 0 Å². The summed E-state index contributed by atoms with van der Waals surface area (Å²) in [5.41, 5.74) is 3.04. The lowest BCUT2D eigenvalue weighted by Gasteiger charge is -2.08. The van der Waals surface area contributed by atoms with E-state index < -0.39 is 0 Å². The van der Waals surface area contributed by atoms with Crippen LogP contribution in [-0.2, 0) is 6.54 Å². The topological polar surface area (TPSA) is 37.8 Å². The van der Waals surface area contributed by atoms with Gasteiger partial charge in [0.05, 0.1) is 22.9 Å². The lowest BCUT2D eigenvalue weighted by Crippen LogP contribution is -2.02. The largest absolute Gasteiger partial charge is 0.378 e. The number of rotatable bonds is 3. The Morgan fingerprint density at radius 2 is 2.19 bits per heavy atom. The van der Waals surface area contributed by atoms with Crippen LogP contribution in [0.3, 0.4) is 0 Å². The average Bonchev–Trinajstić information content (AvgIpc) is 2.32. The van der Waals surface area contributed by atoms with Gasteiger partial charge in [0.15, 0.2) is 0 Å². The summed E-state index contributed by atoms with van der Waals surface area (Å²) in [5, 5.41) is 3.97. The van der Waals surface area contributed by atoms with Gasteiger partial charge in [0, 0.05) is 6.20 Å². The first-order valence-corrected chi connectivity index (χ1v) is 5.38. The molecule has 3 nitrogen and oxygen atoms in total. The zero-order valence-electron chi connectivity index (χ0n) is 8.94. The Balaban J connectivity index is 2.08. The fourth-order valence-corrected chi connectivity index (χ4v) is 1.57. The van der Waals surface area contributed by atoms with Crippen LogP contribution < -0.4 is 5.32 Å². The third-order valence-corrected chi connectivity index (χ3v) is 2.55. The van der Waals surface area contributed by atoms with Crippen molar-refractivity contribution in [3.8, 4) is 0 Å². The lowest BCUT2D eigenvalue weighted by atomic mass is 10.2. The summed E-state index contributed by atoms with van der Waals surface area (Å²) in [6.45, 7) is 2.68. The van der Waals surface area contributed by atoms with Gasteiger partial charge >= 0.3 is 0 Å². The van der Waals surface area contributed by atoms with E-state index in [0.717, 1.165) is 16.4 Å². The van der Waals surface area contributed by atoms with Gasteiger partial charge in [-0.3, -0.25) is 0 Å². The molecule has 0 atom stereocenters. The van der Waals surface area contributed by atoms with Crippen LogP contribution in [0.15, 0.2) is 36.8 Å². The first-order chi connectivity index (χ1) is 7.75. The molecule has 0 aliphatic rings. The third kappa shape index (κ3) is 2.70. The minimum Gasteiger partial charge on any atom is -0.378 e. The molecule has 82 valence electrons. The van der Waals surface area contributed by atoms with Crippen LogP contribution >= 0.6 is 11.6 Å². The van der Waals surface area contributed by atoms with Gasteiger partial charge < -0.3 is 5.32 Å². The van der Waals surface area contributed by atoms with Crippen molar-refractivity contribution in [2.75, 3.05) is 5.32 Å². The summed E-state index contributed by atoms with van der Waals surface area (Å²) in [6, 6.07) is 7.76. The standard InChI is InChI=1S/C12H12ClN3/c1-9-2-3-11(13)12(6-9)15-7-10-4-5-14-8-16-10/h2-6,8,15H,7H2,1H3. The highest BCUT2D eigenvalue weighted by atomic mass is 35.5. The van der Waals surface area contributed by atoms with Crippen LogP contribution in [0, 0.1) is 6.92 Å². The number of aromatic nitrogens is 2. The fourth-order valence-electron chi connectivity index (χ4n) is 1.38. The molecule has 0 aliphatic carbocycles. The van der Waals surface area contributed by atoms with E-state index in [1.54, 1.807) is 6.20 Å². The zero-order valence-corrected chi connectivity index (χ0v) is 9.70. The number of hydrogen-bond donors (Lipinski definition) is 1. The molecule has 0 fully saturated rings. The van der Waals surface area contributed by atoms with E-state index in [9.17, 15) is 0 Å². The monoisotopic (exact) mass is 233 g/mol. The maximum atomic E-state index is 6.07. The van der Waals surface area contributed by atoms with Crippen LogP contribution in [-0.4, -0.2) is 9.97 Å². The first-order valence-electron chi connectivity index (χ1n) is 5.00. The number of halogens is 1. The predicted octanol–water partition coefficient (Wildman–Crippen LogP) is 3.05. The van der Waals surface area contributed by atoms with Gasteiger partial charge in [0.1, 0.15) is 6.33 Å². The van der Waals surface area contributed by atoms with Gasteiger partial charge in [-0.05, 0) is 30.7 Å². The Morgan fingerprint density at radius 1 is 1.31 bits per heavy atom. The molecule has 0 bridgehead atoms. The maximum absolute atomic E-state index is 6.07. The third-order valence-electron chi connectivity index (χ3n) is 2.23. The minimum atomic E-state index is 0.645. The molecule has 1 aromatic heterocycles. The molecule has 0 aliphatic heterocycles. The second-order valence-corrected chi connectivity index (χ2v) is 3.94. The summed E-state index contributed by atoms with van der Waals surface area (Å²) < 4.78 is 0. The second kappa shape index (κ2) is 4.94. The van der Waals surface area contributed by atoms with Crippen molar-refractivity contribution < 1.29 is 0 Å². The number of nitrogens with zero attached hydrogens (tertiary/aromatic N) is 2. The van der Waals surface area contributed by atoms with Crippen LogP contribution in [0.4, 0.5) is 5.69 Å². The quantitative estimate of drug-likeness (QED) is 0.886. The lowest BCUT2D eigenvalue weighted by molar-refractivity contribution is 1.01. The normalized spacial score (nSPS) is 10.1. The summed E-state index contributed by atoms with van der Waals surface area (Å²) in [6.07, 6.45) is 3.26. The van der Waals surface area contributed by atoms with E-state index in [4.69, 9.17) is 11.6 Å². The molecule has 0 amide bonds. The van der Waals surface area contributed by atoms with Gasteiger partial charge in [-0.1, -0.05) is 17.7 Å². The highest BCUT2D eigenvalue weighted by molar-refractivity contribution is 6.33. The molecule has 2 aromatic rings. The molecular formula is C12H12ClN3. The Kier molecular flexibility index (Phi) is 3.37. The number of hydrogen-bond acceptors (Lipinski definition) is 3. The van der Waals surface area contributed by atoms with E-state index >= 15 is 0 Å². The molecule has 2 rings (SSSR count). The molecule has 4 heteroatoms. The SMILES string of the molecule is Cc1ccc(Cl)c(NCc2ccncn2)c1. The minimum absolute atomic E-state index is 0.645. The summed E-state index contributed by atoms with van der Waals surface area (Å²) in [7, 11) is 0. The van der Waals surface area contributed by atoms with Crippen molar-refractivity contribution >= 4 is 17.3 Å². The summed E-state index contributed by atoms with van der Waals surface area (Å²) in [4.78, 5) is 8.00. The number of anilines is 1. The van der Waals surface area contributed by atoms with Gasteiger partial charge in [-0.25, -0.2) is 9.97 Å². The summed E-state index contributed by atoms with van der Waals surface area (Å²) >= 11 is 6.07. The Morgan fingerprint density at radius 3 is 2.94 bits per heavy atom. The van der Waals surface area contributed by atoms with E-state index in [1.807, 2.05) is 31.2 Å². The van der Waals surface area contributed by atoms with Crippen LogP contribution in [0.25, 0.3) is 0 Å². The van der Waals surface area contributed by atoms with Gasteiger partial charge in [-0.15, -0.1) is 0 Å². The molecule has 16 heavy (non-hydrogen) atoms. The van der Waals surface area contributed by atoms with E-state index in [-0.39, 0.29) is 0 Å². The van der Waals surface area contributed by atoms with Crippen LogP contribution in [0.5, 0.6) is 0 Å². The smallest absolute Gasteiger partial charge is 0.115 e. The molecule has 1 heterocycles. The van der Waals surface area contributed by atoms with Crippen molar-refractivity contribution in [1.82, 2.24) is 9.97 Å². The van der Waals surface area contributed by atoms with Crippen molar-refractivity contribution in [2.45, 2.75) is 13.5 Å². The molecule has 0 spiro atoms. The highest BCUT2D eigenvalue weighted by Gasteiger charge is 2.00. The maximum Gasteiger partial charge on any atom is 0.115 e. The first kappa shape index (κ1) is 10.9. The van der Waals surface area contributed by atoms with Crippen molar-refractivity contribution in [3.63, 3.8) is 0 Å². The highest BCUT2D eigenvalue weighted by Crippen LogP contribution is 2.22. The molecule has 0 radical (unpaired) electrons. The van der Waals surface area contributed by atoms with Gasteiger partial charge in [0.25, 0.3) is 0 Å². The molecule has 1 aromatic carbocycles. The fraction of sp³-hybridized carbons (Fsp3) is 0.167. The Hall–Kier alpha value is -1.61. The Labute approximate surface area is 99.5 Å². The number of aryl methyl sites for hydroxylation is 1. The van der Waals surface area contributed by atoms with Gasteiger partial charge in [0.2, 0.25) is 0 Å². The van der Waals surface area contributed by atoms with Crippen molar-refractivity contribution in [3.05, 3.63) is 53.1 Å². The van der Waals surface area contributed by atoms with Gasteiger partial charge in [-0.2, -0.15) is 0 Å². The average molecular weight is 234 g/mol. The molecular weight excluding hydrogens is 222 g/mol. The van der Waals surface area contributed by atoms with Crippen LogP contribution in [0.1, 0.15) is 11.3 Å². The second-order valence-electron chi connectivity index (χ2n) is 3.54. The van der Waals surface area contributed by atoms with Crippen LogP contribution in [0.2, 0.25) is 5.02 Å².